The molecule has 2 aliphatic heterocycles. The van der Waals surface area contributed by atoms with Gasteiger partial charge in [0.1, 0.15) is 12.0 Å². The molecule has 0 saturated carbocycles. The molecule has 7 heteroatoms. The molecule has 1 aromatic heterocycles. The fourth-order valence-corrected chi connectivity index (χ4v) is 3.80. The monoisotopic (exact) mass is 356 g/mol. The van der Waals surface area contributed by atoms with E-state index in [-0.39, 0.29) is 17.9 Å². The minimum absolute atomic E-state index is 0.0447. The van der Waals surface area contributed by atoms with Crippen LogP contribution in [0.1, 0.15) is 27.3 Å². The van der Waals surface area contributed by atoms with Crippen molar-refractivity contribution < 1.29 is 9.59 Å². The number of nitrogens with zero attached hydrogens (tertiary/aromatic N) is 4. The highest BCUT2D eigenvalue weighted by molar-refractivity contribution is 6.33. The van der Waals surface area contributed by atoms with Gasteiger partial charge < -0.3 is 9.80 Å². The average Bonchev–Trinajstić information content (AvgIpc) is 2.63. The Bertz CT molecular complexity index is 814. The lowest BCUT2D eigenvalue weighted by atomic mass is 9.81. The fraction of sp³-hybridized carbons (Fsp3) is 0.333. The van der Waals surface area contributed by atoms with E-state index in [1.165, 1.54) is 6.33 Å². The minimum atomic E-state index is -0.113. The third-order valence-corrected chi connectivity index (χ3v) is 5.34. The molecule has 3 heterocycles. The van der Waals surface area contributed by atoms with Gasteiger partial charge in [0, 0.05) is 31.7 Å². The van der Waals surface area contributed by atoms with Gasteiger partial charge in [-0.15, -0.1) is 0 Å². The van der Waals surface area contributed by atoms with Crippen molar-refractivity contribution in [1.29, 1.82) is 0 Å². The molecular formula is C18H17ClN4O2. The van der Waals surface area contributed by atoms with Gasteiger partial charge in [-0.25, -0.2) is 9.97 Å². The van der Waals surface area contributed by atoms with Gasteiger partial charge in [0.15, 0.2) is 0 Å². The molecule has 2 fully saturated rings. The Balaban J connectivity index is 1.48. The van der Waals surface area contributed by atoms with Crippen molar-refractivity contribution in [2.24, 2.45) is 5.92 Å². The van der Waals surface area contributed by atoms with E-state index >= 15 is 0 Å². The van der Waals surface area contributed by atoms with Gasteiger partial charge in [0.25, 0.3) is 11.8 Å². The first-order valence-electron chi connectivity index (χ1n) is 8.26. The average molecular weight is 357 g/mol. The molecule has 0 radical (unpaired) electrons. The Morgan fingerprint density at radius 2 is 1.96 bits per heavy atom. The first-order chi connectivity index (χ1) is 12.1. The second kappa shape index (κ2) is 6.44. The second-order valence-electron chi connectivity index (χ2n) is 6.40. The summed E-state index contributed by atoms with van der Waals surface area (Å²) in [5, 5.41) is 0.459. The van der Waals surface area contributed by atoms with E-state index in [0.717, 1.165) is 13.0 Å². The molecule has 4 rings (SSSR count). The summed E-state index contributed by atoms with van der Waals surface area (Å²) < 4.78 is 0. The summed E-state index contributed by atoms with van der Waals surface area (Å²) in [6.07, 6.45) is 3.83. The zero-order valence-corrected chi connectivity index (χ0v) is 14.3. The van der Waals surface area contributed by atoms with Crippen LogP contribution < -0.4 is 0 Å². The number of halogens is 1. The molecule has 2 aliphatic rings. The van der Waals surface area contributed by atoms with Crippen molar-refractivity contribution in [1.82, 2.24) is 19.8 Å². The lowest BCUT2D eigenvalue weighted by Gasteiger charge is -2.53. The molecule has 25 heavy (non-hydrogen) atoms. The summed E-state index contributed by atoms with van der Waals surface area (Å²) in [5.74, 6) is 0.266. The number of benzene rings is 1. The number of fused-ring (bicyclic) bond motifs is 1. The third kappa shape index (κ3) is 2.87. The van der Waals surface area contributed by atoms with Gasteiger partial charge in [-0.1, -0.05) is 23.7 Å². The molecule has 2 aromatic rings. The normalized spacial score (nSPS) is 22.1. The Labute approximate surface area is 150 Å². The van der Waals surface area contributed by atoms with E-state index in [2.05, 4.69) is 9.97 Å². The predicted octanol–water partition coefficient (Wildman–Crippen LogP) is 2.12. The summed E-state index contributed by atoms with van der Waals surface area (Å²) in [6.45, 7) is 1.95. The Morgan fingerprint density at radius 3 is 2.72 bits per heavy atom. The van der Waals surface area contributed by atoms with Gasteiger partial charge >= 0.3 is 0 Å². The number of hydrogen-bond acceptors (Lipinski definition) is 4. The van der Waals surface area contributed by atoms with Crippen molar-refractivity contribution in [2.45, 2.75) is 12.5 Å². The van der Waals surface area contributed by atoms with Crippen LogP contribution in [0.5, 0.6) is 0 Å². The summed E-state index contributed by atoms with van der Waals surface area (Å²) in [5.41, 5.74) is 0.902. The first-order valence-corrected chi connectivity index (χ1v) is 8.63. The summed E-state index contributed by atoms with van der Waals surface area (Å²) in [4.78, 5) is 36.8. The van der Waals surface area contributed by atoms with Gasteiger partial charge in [-0.3, -0.25) is 9.59 Å². The van der Waals surface area contributed by atoms with Crippen LogP contribution in [0.3, 0.4) is 0 Å². The Hall–Kier alpha value is -2.47. The highest BCUT2D eigenvalue weighted by Gasteiger charge is 2.46. The third-order valence-electron chi connectivity index (χ3n) is 5.01. The van der Waals surface area contributed by atoms with Crippen LogP contribution >= 0.6 is 11.6 Å². The van der Waals surface area contributed by atoms with Gasteiger partial charge in [0.2, 0.25) is 0 Å². The highest BCUT2D eigenvalue weighted by atomic mass is 35.5. The molecule has 2 saturated heterocycles. The van der Waals surface area contributed by atoms with Gasteiger partial charge in [-0.05, 0) is 24.6 Å². The number of aromatic nitrogens is 2. The fourth-order valence-electron chi connectivity index (χ4n) is 3.58. The van der Waals surface area contributed by atoms with Crippen molar-refractivity contribution in [2.75, 3.05) is 19.6 Å². The van der Waals surface area contributed by atoms with E-state index < -0.39 is 0 Å². The molecule has 0 bridgehead atoms. The Morgan fingerprint density at radius 1 is 1.12 bits per heavy atom. The van der Waals surface area contributed by atoms with Crippen LogP contribution in [0.2, 0.25) is 5.02 Å². The number of amides is 2. The van der Waals surface area contributed by atoms with E-state index in [1.54, 1.807) is 35.4 Å². The van der Waals surface area contributed by atoms with Crippen LogP contribution in [0.25, 0.3) is 0 Å². The maximum Gasteiger partial charge on any atom is 0.272 e. The largest absolute Gasteiger partial charge is 0.335 e. The molecule has 0 aliphatic carbocycles. The molecule has 2 atom stereocenters. The number of hydrogen-bond donors (Lipinski definition) is 0. The predicted molar refractivity (Wildman–Crippen MR) is 92.3 cm³/mol. The van der Waals surface area contributed by atoms with Gasteiger partial charge in [-0.2, -0.15) is 0 Å². The van der Waals surface area contributed by atoms with E-state index in [4.69, 9.17) is 11.6 Å². The van der Waals surface area contributed by atoms with Crippen LogP contribution in [-0.2, 0) is 0 Å². The molecule has 6 nitrogen and oxygen atoms in total. The zero-order chi connectivity index (χ0) is 17.4. The second-order valence-corrected chi connectivity index (χ2v) is 6.81. The van der Waals surface area contributed by atoms with Crippen LogP contribution in [0, 0.1) is 5.92 Å². The Kier molecular flexibility index (Phi) is 4.13. The van der Waals surface area contributed by atoms with E-state index in [0.29, 0.717) is 35.3 Å². The summed E-state index contributed by atoms with van der Waals surface area (Å²) >= 11 is 6.15. The number of piperidine rings is 1. The molecule has 0 N–H and O–H groups in total. The molecular weight excluding hydrogens is 340 g/mol. The van der Waals surface area contributed by atoms with Crippen LogP contribution in [0.15, 0.2) is 42.9 Å². The van der Waals surface area contributed by atoms with Crippen molar-refractivity contribution in [3.8, 4) is 0 Å². The molecule has 0 unspecified atom stereocenters. The minimum Gasteiger partial charge on any atom is -0.335 e. The molecule has 1 aromatic carbocycles. The van der Waals surface area contributed by atoms with Crippen LogP contribution in [0.4, 0.5) is 0 Å². The molecule has 128 valence electrons. The summed E-state index contributed by atoms with van der Waals surface area (Å²) in [7, 11) is 0. The van der Waals surface area contributed by atoms with E-state index in [1.807, 2.05) is 11.0 Å². The lowest BCUT2D eigenvalue weighted by molar-refractivity contribution is -0.0236. The highest BCUT2D eigenvalue weighted by Crippen LogP contribution is 2.34. The van der Waals surface area contributed by atoms with Crippen LogP contribution in [-0.4, -0.2) is 57.3 Å². The molecule has 2 amide bonds. The number of carbonyl (C=O) groups is 2. The maximum atomic E-state index is 12.8. The first kappa shape index (κ1) is 16.0. The number of rotatable bonds is 2. The van der Waals surface area contributed by atoms with Crippen molar-refractivity contribution in [3.05, 3.63) is 59.1 Å². The zero-order valence-electron chi connectivity index (χ0n) is 13.5. The lowest BCUT2D eigenvalue weighted by Crippen LogP contribution is -2.66. The van der Waals surface area contributed by atoms with Crippen molar-refractivity contribution in [3.63, 3.8) is 0 Å². The summed E-state index contributed by atoms with van der Waals surface area (Å²) in [6, 6.07) is 8.73. The maximum absolute atomic E-state index is 12.8. The van der Waals surface area contributed by atoms with Gasteiger partial charge in [0.05, 0.1) is 16.6 Å². The van der Waals surface area contributed by atoms with E-state index in [9.17, 15) is 9.59 Å². The number of likely N-dealkylation sites (tertiary alicyclic amines) is 2. The SMILES string of the molecule is O=C(c1ccncn1)N1CC[C@H]2CN(C(=O)c3ccccc3Cl)[C@H]2C1. The quantitative estimate of drug-likeness (QED) is 0.826. The topological polar surface area (TPSA) is 66.4 Å². The standard InChI is InChI=1S/C18H17ClN4O2/c19-14-4-2-1-3-13(14)17(24)23-9-12-6-8-22(10-16(12)23)18(25)15-5-7-20-11-21-15/h1-5,7,11-12,16H,6,8-10H2/t12-,16-/m0/s1. The smallest absolute Gasteiger partial charge is 0.272 e. The van der Waals surface area contributed by atoms with Crippen molar-refractivity contribution >= 4 is 23.4 Å². The number of carbonyl (C=O) groups excluding carboxylic acids is 2. The molecule has 0 spiro atoms.